The molecule has 2 aliphatic carbocycles. The third-order valence-electron chi connectivity index (χ3n) is 4.50. The lowest BCUT2D eigenvalue weighted by molar-refractivity contribution is 0.000499. The van der Waals surface area contributed by atoms with Crippen LogP contribution in [0.15, 0.2) is 5.38 Å². The van der Waals surface area contributed by atoms with Crippen LogP contribution in [0, 0.1) is 5.92 Å². The molecule has 0 radical (unpaired) electrons. The minimum Gasteiger partial charge on any atom is -0.372 e. The number of rotatable bonds is 7. The van der Waals surface area contributed by atoms with Gasteiger partial charge >= 0.3 is 0 Å². The lowest BCUT2D eigenvalue weighted by Crippen LogP contribution is -2.22. The molecule has 112 valence electrons. The van der Waals surface area contributed by atoms with Crippen molar-refractivity contribution in [2.45, 2.75) is 77.2 Å². The highest BCUT2D eigenvalue weighted by atomic mass is 32.1. The maximum Gasteiger partial charge on any atom is 0.107 e. The van der Waals surface area contributed by atoms with E-state index in [1.807, 2.05) is 0 Å². The van der Waals surface area contributed by atoms with Crippen LogP contribution < -0.4 is 5.32 Å². The third kappa shape index (κ3) is 4.27. The average molecular weight is 294 g/mol. The van der Waals surface area contributed by atoms with Crippen LogP contribution in [-0.4, -0.2) is 17.1 Å². The first-order valence-electron chi connectivity index (χ1n) is 8.11. The van der Waals surface area contributed by atoms with Crippen LogP contribution in [0.5, 0.6) is 0 Å². The van der Waals surface area contributed by atoms with E-state index in [9.17, 15) is 0 Å². The van der Waals surface area contributed by atoms with Crippen molar-refractivity contribution in [3.63, 3.8) is 0 Å². The van der Waals surface area contributed by atoms with Gasteiger partial charge in [0.05, 0.1) is 18.4 Å². The minimum atomic E-state index is 0.462. The molecule has 0 bridgehead atoms. The first kappa shape index (κ1) is 14.5. The van der Waals surface area contributed by atoms with Gasteiger partial charge in [-0.15, -0.1) is 11.3 Å². The molecule has 20 heavy (non-hydrogen) atoms. The van der Waals surface area contributed by atoms with Gasteiger partial charge in [-0.1, -0.05) is 26.2 Å². The van der Waals surface area contributed by atoms with Gasteiger partial charge in [-0.3, -0.25) is 0 Å². The Morgan fingerprint density at radius 3 is 3.05 bits per heavy atom. The van der Waals surface area contributed by atoms with Gasteiger partial charge in [-0.05, 0) is 31.6 Å². The highest BCUT2D eigenvalue weighted by Gasteiger charge is 2.22. The van der Waals surface area contributed by atoms with Gasteiger partial charge < -0.3 is 10.1 Å². The Balaban J connectivity index is 1.40. The van der Waals surface area contributed by atoms with Crippen molar-refractivity contribution < 1.29 is 4.74 Å². The fourth-order valence-electron chi connectivity index (χ4n) is 2.98. The van der Waals surface area contributed by atoms with E-state index in [0.29, 0.717) is 12.7 Å². The van der Waals surface area contributed by atoms with Crippen molar-refractivity contribution in [1.82, 2.24) is 10.3 Å². The maximum atomic E-state index is 6.08. The molecule has 4 heteroatoms. The Labute approximate surface area is 126 Å². The summed E-state index contributed by atoms with van der Waals surface area (Å²) in [5.74, 6) is 0.877. The minimum absolute atomic E-state index is 0.462. The van der Waals surface area contributed by atoms with Crippen molar-refractivity contribution in [2.24, 2.45) is 5.92 Å². The van der Waals surface area contributed by atoms with Crippen LogP contribution in [0.2, 0.25) is 0 Å². The molecule has 2 aliphatic rings. The summed E-state index contributed by atoms with van der Waals surface area (Å²) in [6, 6.07) is 0.756. The van der Waals surface area contributed by atoms with Crippen LogP contribution in [0.25, 0.3) is 0 Å². The molecular weight excluding hydrogens is 268 g/mol. The largest absolute Gasteiger partial charge is 0.372 e. The fraction of sp³-hybridized carbons (Fsp3) is 0.812. The highest BCUT2D eigenvalue weighted by molar-refractivity contribution is 7.09. The molecule has 0 spiro atoms. The number of hydrogen-bond acceptors (Lipinski definition) is 4. The van der Waals surface area contributed by atoms with E-state index in [-0.39, 0.29) is 0 Å². The summed E-state index contributed by atoms with van der Waals surface area (Å²) in [5.41, 5.74) is 1.11. The van der Waals surface area contributed by atoms with Crippen LogP contribution in [0.4, 0.5) is 0 Å². The fourth-order valence-corrected chi connectivity index (χ4v) is 3.71. The van der Waals surface area contributed by atoms with Crippen LogP contribution in [-0.2, 0) is 17.9 Å². The second kappa shape index (κ2) is 7.01. The van der Waals surface area contributed by atoms with Crippen molar-refractivity contribution in [2.75, 3.05) is 0 Å². The Bertz CT molecular complexity index is 416. The molecular formula is C16H26N2OS. The molecule has 3 nitrogen and oxygen atoms in total. The predicted octanol–water partition coefficient (Wildman–Crippen LogP) is 3.88. The van der Waals surface area contributed by atoms with Gasteiger partial charge in [-0.2, -0.15) is 0 Å². The lowest BCUT2D eigenvalue weighted by Gasteiger charge is -2.28. The average Bonchev–Trinajstić information content (AvgIpc) is 3.21. The highest BCUT2D eigenvalue weighted by Crippen LogP contribution is 2.29. The molecule has 2 fully saturated rings. The molecule has 2 unspecified atom stereocenters. The zero-order chi connectivity index (χ0) is 13.8. The molecule has 1 heterocycles. The van der Waals surface area contributed by atoms with E-state index in [0.717, 1.165) is 24.2 Å². The van der Waals surface area contributed by atoms with Gasteiger partial charge in [0.25, 0.3) is 0 Å². The summed E-state index contributed by atoms with van der Waals surface area (Å²) in [6.45, 7) is 3.92. The zero-order valence-electron chi connectivity index (χ0n) is 12.4. The number of hydrogen-bond donors (Lipinski definition) is 1. The van der Waals surface area contributed by atoms with E-state index >= 15 is 0 Å². The van der Waals surface area contributed by atoms with Crippen molar-refractivity contribution in [3.8, 4) is 0 Å². The SMILES string of the molecule is CCC1CCCC(OCc2csc(CNC3CC3)n2)C1. The second-order valence-corrected chi connectivity index (χ2v) is 7.20. The summed E-state index contributed by atoms with van der Waals surface area (Å²) in [5, 5.41) is 6.87. The summed E-state index contributed by atoms with van der Waals surface area (Å²) in [6.07, 6.45) is 9.63. The van der Waals surface area contributed by atoms with Gasteiger partial charge in [0, 0.05) is 18.0 Å². The monoisotopic (exact) mass is 294 g/mol. The Morgan fingerprint density at radius 1 is 1.35 bits per heavy atom. The van der Waals surface area contributed by atoms with Crippen LogP contribution in [0.3, 0.4) is 0 Å². The quantitative estimate of drug-likeness (QED) is 0.828. The zero-order valence-corrected chi connectivity index (χ0v) is 13.3. The van der Waals surface area contributed by atoms with Crippen molar-refractivity contribution >= 4 is 11.3 Å². The molecule has 1 aromatic heterocycles. The summed E-state index contributed by atoms with van der Waals surface area (Å²) < 4.78 is 6.08. The maximum absolute atomic E-state index is 6.08. The smallest absolute Gasteiger partial charge is 0.107 e. The normalized spacial score (nSPS) is 26.9. The molecule has 2 saturated carbocycles. The van der Waals surface area contributed by atoms with Crippen LogP contribution >= 0.6 is 11.3 Å². The Morgan fingerprint density at radius 2 is 2.25 bits per heavy atom. The molecule has 0 aromatic carbocycles. The van der Waals surface area contributed by atoms with E-state index in [4.69, 9.17) is 4.74 Å². The Kier molecular flexibility index (Phi) is 5.08. The van der Waals surface area contributed by atoms with Gasteiger partial charge in [0.2, 0.25) is 0 Å². The number of ether oxygens (including phenoxy) is 1. The second-order valence-electron chi connectivity index (χ2n) is 6.26. The van der Waals surface area contributed by atoms with Crippen molar-refractivity contribution in [1.29, 1.82) is 0 Å². The predicted molar refractivity (Wildman–Crippen MR) is 82.8 cm³/mol. The third-order valence-corrected chi connectivity index (χ3v) is 5.40. The standard InChI is InChI=1S/C16H26N2OS/c1-2-12-4-3-5-15(8-12)19-10-14-11-20-16(18-14)9-17-13-6-7-13/h11-13,15,17H,2-10H2,1H3. The van der Waals surface area contributed by atoms with E-state index < -0.39 is 0 Å². The van der Waals surface area contributed by atoms with Gasteiger partial charge in [0.15, 0.2) is 0 Å². The van der Waals surface area contributed by atoms with E-state index in [1.165, 1.54) is 50.0 Å². The molecule has 0 amide bonds. The molecule has 3 rings (SSSR count). The first-order valence-corrected chi connectivity index (χ1v) is 8.99. The van der Waals surface area contributed by atoms with Gasteiger partial charge in [0.1, 0.15) is 5.01 Å². The molecule has 1 aromatic rings. The number of nitrogens with one attached hydrogen (secondary N) is 1. The summed E-state index contributed by atoms with van der Waals surface area (Å²) in [7, 11) is 0. The summed E-state index contributed by atoms with van der Waals surface area (Å²) in [4.78, 5) is 4.66. The topological polar surface area (TPSA) is 34.1 Å². The Hall–Kier alpha value is -0.450. The number of aromatic nitrogens is 1. The van der Waals surface area contributed by atoms with Crippen LogP contribution in [0.1, 0.15) is 62.6 Å². The number of thiazole rings is 1. The molecule has 2 atom stereocenters. The molecule has 0 saturated heterocycles. The molecule has 1 N–H and O–H groups in total. The number of nitrogens with zero attached hydrogens (tertiary/aromatic N) is 1. The lowest BCUT2D eigenvalue weighted by atomic mass is 9.85. The van der Waals surface area contributed by atoms with E-state index in [2.05, 4.69) is 22.6 Å². The van der Waals surface area contributed by atoms with Crippen molar-refractivity contribution in [3.05, 3.63) is 16.1 Å². The molecule has 0 aliphatic heterocycles. The summed E-state index contributed by atoms with van der Waals surface area (Å²) >= 11 is 1.76. The van der Waals surface area contributed by atoms with Gasteiger partial charge in [-0.25, -0.2) is 4.98 Å². The first-order chi connectivity index (χ1) is 9.83. The van der Waals surface area contributed by atoms with E-state index in [1.54, 1.807) is 11.3 Å².